The normalized spacial score (nSPS) is 11.5. The summed E-state index contributed by atoms with van der Waals surface area (Å²) in [6, 6.07) is 10.1. The number of primary amides is 1. The Morgan fingerprint density at radius 1 is 1.36 bits per heavy atom. The third-order valence-electron chi connectivity index (χ3n) is 2.19. The van der Waals surface area contributed by atoms with Gasteiger partial charge in [0.1, 0.15) is 0 Å². The van der Waals surface area contributed by atoms with Gasteiger partial charge in [-0.3, -0.25) is 4.79 Å². The molecule has 0 spiro atoms. The first-order valence-corrected chi connectivity index (χ1v) is 4.53. The third-order valence-corrected chi connectivity index (χ3v) is 2.19. The van der Waals surface area contributed by atoms with Crippen LogP contribution >= 0.6 is 12.4 Å². The number of amides is 1. The second kappa shape index (κ2) is 6.44. The lowest BCUT2D eigenvalue weighted by Crippen LogP contribution is -2.20. The molecule has 3 heteroatoms. The molecule has 1 atom stereocenters. The van der Waals surface area contributed by atoms with Gasteiger partial charge in [-0.15, -0.1) is 12.4 Å². The van der Waals surface area contributed by atoms with Crippen molar-refractivity contribution in [2.45, 2.75) is 19.8 Å². The summed E-state index contributed by atoms with van der Waals surface area (Å²) in [5, 5.41) is 0. The molecule has 0 radical (unpaired) electrons. The molecule has 0 aliphatic carbocycles. The Balaban J connectivity index is 0.00000169. The van der Waals surface area contributed by atoms with E-state index < -0.39 is 0 Å². The van der Waals surface area contributed by atoms with Gasteiger partial charge in [-0.1, -0.05) is 37.3 Å². The summed E-state index contributed by atoms with van der Waals surface area (Å²) in [4.78, 5) is 10.7. The minimum atomic E-state index is -0.212. The van der Waals surface area contributed by atoms with Crippen molar-refractivity contribution in [2.75, 3.05) is 0 Å². The topological polar surface area (TPSA) is 43.1 Å². The van der Waals surface area contributed by atoms with E-state index in [4.69, 9.17) is 5.73 Å². The monoisotopic (exact) mass is 213 g/mol. The van der Waals surface area contributed by atoms with E-state index in [0.29, 0.717) is 0 Å². The molecular weight excluding hydrogens is 198 g/mol. The minimum absolute atomic E-state index is 0. The fraction of sp³-hybridized carbons (Fsp3) is 0.364. The van der Waals surface area contributed by atoms with Crippen LogP contribution in [0.1, 0.15) is 18.9 Å². The number of carbonyl (C=O) groups excluding carboxylic acids is 1. The van der Waals surface area contributed by atoms with E-state index in [1.54, 1.807) is 0 Å². The summed E-state index contributed by atoms with van der Waals surface area (Å²) in [6.07, 6.45) is 1.75. The molecule has 0 aromatic heterocycles. The largest absolute Gasteiger partial charge is 0.369 e. The lowest BCUT2D eigenvalue weighted by atomic mass is 10.0. The van der Waals surface area contributed by atoms with E-state index in [1.807, 2.05) is 25.1 Å². The van der Waals surface area contributed by atoms with Gasteiger partial charge in [0.2, 0.25) is 5.91 Å². The molecule has 0 aliphatic rings. The second-order valence-corrected chi connectivity index (χ2v) is 3.33. The van der Waals surface area contributed by atoms with Crippen molar-refractivity contribution >= 4 is 18.3 Å². The van der Waals surface area contributed by atoms with Crippen LogP contribution in [0.2, 0.25) is 0 Å². The minimum Gasteiger partial charge on any atom is -0.369 e. The molecule has 0 bridgehead atoms. The van der Waals surface area contributed by atoms with Crippen LogP contribution < -0.4 is 5.73 Å². The lowest BCUT2D eigenvalue weighted by molar-refractivity contribution is -0.121. The highest BCUT2D eigenvalue weighted by Crippen LogP contribution is 2.08. The molecule has 2 nitrogen and oxygen atoms in total. The van der Waals surface area contributed by atoms with Crippen molar-refractivity contribution < 1.29 is 4.79 Å². The van der Waals surface area contributed by atoms with Gasteiger partial charge < -0.3 is 5.73 Å². The molecule has 14 heavy (non-hydrogen) atoms. The Hall–Kier alpha value is -1.02. The number of nitrogens with two attached hydrogens (primary N) is 1. The fourth-order valence-corrected chi connectivity index (χ4v) is 1.17. The van der Waals surface area contributed by atoms with E-state index in [0.717, 1.165) is 12.8 Å². The zero-order valence-electron chi connectivity index (χ0n) is 8.27. The maximum atomic E-state index is 10.7. The van der Waals surface area contributed by atoms with Crippen molar-refractivity contribution in [3.63, 3.8) is 0 Å². The molecular formula is C11H16ClNO. The van der Waals surface area contributed by atoms with Crippen LogP contribution in [-0.2, 0) is 11.2 Å². The van der Waals surface area contributed by atoms with Gasteiger partial charge in [0.15, 0.2) is 0 Å². The van der Waals surface area contributed by atoms with E-state index in [-0.39, 0.29) is 24.2 Å². The molecule has 0 heterocycles. The highest BCUT2D eigenvalue weighted by molar-refractivity contribution is 5.85. The molecule has 2 N–H and O–H groups in total. The number of hydrogen-bond donors (Lipinski definition) is 1. The maximum absolute atomic E-state index is 10.7. The predicted octanol–water partition coefficient (Wildman–Crippen LogP) is 2.16. The van der Waals surface area contributed by atoms with Crippen LogP contribution in [0.15, 0.2) is 30.3 Å². The van der Waals surface area contributed by atoms with Crippen molar-refractivity contribution in [2.24, 2.45) is 11.7 Å². The summed E-state index contributed by atoms with van der Waals surface area (Å²) < 4.78 is 0. The molecule has 0 fully saturated rings. The summed E-state index contributed by atoms with van der Waals surface area (Å²) in [7, 11) is 0. The molecule has 0 saturated heterocycles. The molecule has 1 unspecified atom stereocenters. The van der Waals surface area contributed by atoms with Crippen LogP contribution in [0.5, 0.6) is 0 Å². The number of aryl methyl sites for hydroxylation is 1. The second-order valence-electron chi connectivity index (χ2n) is 3.33. The van der Waals surface area contributed by atoms with Gasteiger partial charge in [0, 0.05) is 5.92 Å². The standard InChI is InChI=1S/C11H15NO.ClH/c1-9(11(12)13)7-8-10-5-3-2-4-6-10;/h2-6,9H,7-8H2,1H3,(H2,12,13);1H. The Bertz CT molecular complexity index is 274. The first kappa shape index (κ1) is 13.0. The SMILES string of the molecule is CC(CCc1ccccc1)C(N)=O.Cl. The van der Waals surface area contributed by atoms with Gasteiger partial charge >= 0.3 is 0 Å². The number of halogens is 1. The van der Waals surface area contributed by atoms with Gasteiger partial charge in [-0.05, 0) is 18.4 Å². The Labute approximate surface area is 90.9 Å². The maximum Gasteiger partial charge on any atom is 0.220 e. The number of carbonyl (C=O) groups is 1. The molecule has 78 valence electrons. The van der Waals surface area contributed by atoms with Crippen LogP contribution in [-0.4, -0.2) is 5.91 Å². The Kier molecular flexibility index (Phi) is 5.97. The Morgan fingerprint density at radius 3 is 2.43 bits per heavy atom. The van der Waals surface area contributed by atoms with Crippen molar-refractivity contribution in [3.05, 3.63) is 35.9 Å². The molecule has 1 aromatic carbocycles. The van der Waals surface area contributed by atoms with Gasteiger partial charge in [0.25, 0.3) is 0 Å². The number of rotatable bonds is 4. The Morgan fingerprint density at radius 2 is 1.93 bits per heavy atom. The van der Waals surface area contributed by atoms with Crippen LogP contribution in [0.25, 0.3) is 0 Å². The molecule has 1 rings (SSSR count). The summed E-state index contributed by atoms with van der Waals surface area (Å²) >= 11 is 0. The van der Waals surface area contributed by atoms with E-state index in [9.17, 15) is 4.79 Å². The van der Waals surface area contributed by atoms with E-state index in [2.05, 4.69) is 12.1 Å². The van der Waals surface area contributed by atoms with Gasteiger partial charge in [0.05, 0.1) is 0 Å². The van der Waals surface area contributed by atoms with Crippen LogP contribution in [0, 0.1) is 5.92 Å². The summed E-state index contributed by atoms with van der Waals surface area (Å²) in [5.74, 6) is -0.240. The molecule has 1 amide bonds. The average Bonchev–Trinajstić information content (AvgIpc) is 2.15. The zero-order valence-corrected chi connectivity index (χ0v) is 9.09. The zero-order chi connectivity index (χ0) is 9.68. The number of benzene rings is 1. The highest BCUT2D eigenvalue weighted by Gasteiger charge is 2.07. The fourth-order valence-electron chi connectivity index (χ4n) is 1.17. The van der Waals surface area contributed by atoms with E-state index >= 15 is 0 Å². The quantitative estimate of drug-likeness (QED) is 0.819. The average molecular weight is 214 g/mol. The van der Waals surface area contributed by atoms with Crippen LogP contribution in [0.3, 0.4) is 0 Å². The third kappa shape index (κ3) is 4.28. The highest BCUT2D eigenvalue weighted by atomic mass is 35.5. The van der Waals surface area contributed by atoms with Crippen molar-refractivity contribution in [1.82, 2.24) is 0 Å². The van der Waals surface area contributed by atoms with Crippen molar-refractivity contribution in [3.8, 4) is 0 Å². The smallest absolute Gasteiger partial charge is 0.220 e. The van der Waals surface area contributed by atoms with Crippen LogP contribution in [0.4, 0.5) is 0 Å². The first-order chi connectivity index (χ1) is 6.20. The molecule has 0 aliphatic heterocycles. The van der Waals surface area contributed by atoms with Gasteiger partial charge in [-0.25, -0.2) is 0 Å². The summed E-state index contributed by atoms with van der Waals surface area (Å²) in [5.41, 5.74) is 6.42. The molecule has 0 saturated carbocycles. The predicted molar refractivity (Wildman–Crippen MR) is 60.4 cm³/mol. The lowest BCUT2D eigenvalue weighted by Gasteiger charge is -2.06. The van der Waals surface area contributed by atoms with Gasteiger partial charge in [-0.2, -0.15) is 0 Å². The van der Waals surface area contributed by atoms with E-state index in [1.165, 1.54) is 5.56 Å². The first-order valence-electron chi connectivity index (χ1n) is 4.53. The van der Waals surface area contributed by atoms with Crippen molar-refractivity contribution in [1.29, 1.82) is 0 Å². The molecule has 1 aromatic rings. The summed E-state index contributed by atoms with van der Waals surface area (Å²) in [6.45, 7) is 1.87. The number of hydrogen-bond acceptors (Lipinski definition) is 1.